The minimum absolute atomic E-state index is 0.0496. The zero-order chi connectivity index (χ0) is 45.3. The number of benzene rings is 2. The van der Waals surface area contributed by atoms with Crippen LogP contribution in [0.2, 0.25) is 0 Å². The van der Waals surface area contributed by atoms with Crippen molar-refractivity contribution in [3.05, 3.63) is 104 Å². The summed E-state index contributed by atoms with van der Waals surface area (Å²) in [5.74, 6) is 13.5. The Labute approximate surface area is 372 Å². The van der Waals surface area contributed by atoms with Crippen LogP contribution in [0.5, 0.6) is 0 Å². The van der Waals surface area contributed by atoms with Crippen LogP contribution in [0.1, 0.15) is 121 Å². The Morgan fingerprint density at radius 1 is 0.492 bits per heavy atom. The molecular formula is C54H62N8O. The number of ether oxygens (including phenoxy) is 1. The quantitative estimate of drug-likeness (QED) is 0.128. The molecule has 0 bridgehead atoms. The first-order chi connectivity index (χ1) is 30.0. The second-order valence-corrected chi connectivity index (χ2v) is 18.3. The molecule has 0 aliphatic heterocycles. The first-order valence-electron chi connectivity index (χ1n) is 22.4. The van der Waals surface area contributed by atoms with Gasteiger partial charge in [-0.25, -0.2) is 9.97 Å². The first-order valence-corrected chi connectivity index (χ1v) is 22.4. The van der Waals surface area contributed by atoms with Gasteiger partial charge in [-0.15, -0.1) is 0 Å². The maximum atomic E-state index is 6.71. The predicted molar refractivity (Wildman–Crippen MR) is 259 cm³/mol. The average Bonchev–Trinajstić information content (AvgIpc) is 3.95. The number of nitrogens with zero attached hydrogens (tertiary/aromatic N) is 8. The van der Waals surface area contributed by atoms with E-state index >= 15 is 0 Å². The number of fused-ring (bicyclic) bond motifs is 6. The van der Waals surface area contributed by atoms with Gasteiger partial charge in [0.05, 0.1) is 58.5 Å². The molecule has 6 heterocycles. The lowest BCUT2D eigenvalue weighted by Gasteiger charge is -2.27. The van der Waals surface area contributed by atoms with E-state index in [1.165, 1.54) is 44.5 Å². The molecule has 0 saturated heterocycles. The third-order valence-electron chi connectivity index (χ3n) is 13.4. The molecular weight excluding hydrogens is 777 g/mol. The van der Waals surface area contributed by atoms with Crippen LogP contribution >= 0.6 is 0 Å². The summed E-state index contributed by atoms with van der Waals surface area (Å²) >= 11 is 0. The van der Waals surface area contributed by atoms with Gasteiger partial charge in [0.15, 0.2) is 11.3 Å². The summed E-state index contributed by atoms with van der Waals surface area (Å²) in [4.78, 5) is 10.4. The van der Waals surface area contributed by atoms with E-state index in [0.29, 0.717) is 13.2 Å². The maximum Gasteiger partial charge on any atom is 0.165 e. The highest BCUT2D eigenvalue weighted by Crippen LogP contribution is 2.39. The molecule has 0 aliphatic rings. The van der Waals surface area contributed by atoms with Crippen LogP contribution in [0.15, 0.2) is 36.4 Å². The van der Waals surface area contributed by atoms with E-state index in [0.717, 1.165) is 78.7 Å². The van der Waals surface area contributed by atoms with Crippen molar-refractivity contribution in [1.82, 2.24) is 38.3 Å². The highest BCUT2D eigenvalue weighted by molar-refractivity contribution is 5.92. The number of hydrogen-bond donors (Lipinski definition) is 0. The minimum atomic E-state index is 0.0496. The third kappa shape index (κ3) is 7.21. The van der Waals surface area contributed by atoms with Crippen molar-refractivity contribution in [2.45, 2.75) is 123 Å². The zero-order valence-corrected chi connectivity index (χ0v) is 40.2. The highest BCUT2D eigenvalue weighted by Gasteiger charge is 2.29. The Morgan fingerprint density at radius 2 is 0.841 bits per heavy atom. The van der Waals surface area contributed by atoms with Gasteiger partial charge in [0.2, 0.25) is 0 Å². The third-order valence-corrected chi connectivity index (χ3v) is 13.4. The highest BCUT2D eigenvalue weighted by atomic mass is 16.5. The maximum absolute atomic E-state index is 6.71. The van der Waals surface area contributed by atoms with Gasteiger partial charge in [-0.1, -0.05) is 61.1 Å². The van der Waals surface area contributed by atoms with Crippen molar-refractivity contribution < 1.29 is 4.74 Å². The molecule has 0 spiro atoms. The molecule has 0 fully saturated rings. The lowest BCUT2D eigenvalue weighted by molar-refractivity contribution is 0.0560. The minimum Gasteiger partial charge on any atom is -0.381 e. The lowest BCUT2D eigenvalue weighted by Crippen LogP contribution is -2.24. The number of aryl methyl sites for hydroxylation is 10. The van der Waals surface area contributed by atoms with Crippen LogP contribution in [0, 0.1) is 105 Å². The lowest BCUT2D eigenvalue weighted by atomic mass is 9.94. The summed E-state index contributed by atoms with van der Waals surface area (Å²) in [6.07, 6.45) is 0. The van der Waals surface area contributed by atoms with E-state index in [9.17, 15) is 0 Å². The van der Waals surface area contributed by atoms with Crippen LogP contribution in [-0.4, -0.2) is 51.5 Å². The molecule has 0 N–H and O–H groups in total. The second kappa shape index (κ2) is 16.5. The number of hydrogen-bond acceptors (Lipinski definition) is 5. The standard InChI is InChI=1S/C54H62N8O/c1-17-19-43-25-45-37(11)55-51-49(47-31(5)21-29(3)22-32(47)6)39(13)57-61(51)53(45)59(43)41(15)35(9)27-63-28-36(10)42(16)60-44(20-18-2)26-46-38(12)56-52-50(40(14)58-62(52)54(46)60)48-33(7)23-30(4)24-34(48)8/h21-26,35-36,41-42H,27-28H2,1-16H3. The first kappa shape index (κ1) is 43.5. The molecule has 4 unspecified atom stereocenters. The summed E-state index contributed by atoms with van der Waals surface area (Å²) in [5.41, 5.74) is 21.6. The van der Waals surface area contributed by atoms with Gasteiger partial charge in [0, 0.05) is 34.7 Å². The van der Waals surface area contributed by atoms with E-state index in [1.807, 2.05) is 13.8 Å². The van der Waals surface area contributed by atoms with E-state index in [2.05, 4.69) is 175 Å². The van der Waals surface area contributed by atoms with Crippen molar-refractivity contribution in [2.24, 2.45) is 11.8 Å². The summed E-state index contributed by atoms with van der Waals surface area (Å²) in [6.45, 7) is 35.5. The average molecular weight is 839 g/mol. The van der Waals surface area contributed by atoms with Crippen LogP contribution in [-0.2, 0) is 4.74 Å². The predicted octanol–water partition coefficient (Wildman–Crippen LogP) is 12.0. The smallest absolute Gasteiger partial charge is 0.165 e. The van der Waals surface area contributed by atoms with Crippen molar-refractivity contribution in [2.75, 3.05) is 13.2 Å². The normalized spacial score (nSPS) is 13.7. The molecule has 0 saturated carbocycles. The fraction of sp³-hybridized carbons (Fsp3) is 0.407. The Bertz CT molecular complexity index is 3010. The summed E-state index contributed by atoms with van der Waals surface area (Å²) in [5, 5.41) is 12.5. The summed E-state index contributed by atoms with van der Waals surface area (Å²) in [7, 11) is 0. The fourth-order valence-corrected chi connectivity index (χ4v) is 10.2. The Morgan fingerprint density at radius 3 is 1.17 bits per heavy atom. The Hall–Kier alpha value is -6.16. The van der Waals surface area contributed by atoms with Crippen molar-refractivity contribution in [3.63, 3.8) is 0 Å². The molecule has 4 atom stereocenters. The van der Waals surface area contributed by atoms with Gasteiger partial charge in [0.25, 0.3) is 0 Å². The van der Waals surface area contributed by atoms with Crippen LogP contribution in [0.25, 0.3) is 55.6 Å². The van der Waals surface area contributed by atoms with E-state index in [-0.39, 0.29) is 23.9 Å². The van der Waals surface area contributed by atoms with Gasteiger partial charge >= 0.3 is 0 Å². The van der Waals surface area contributed by atoms with Crippen molar-refractivity contribution in [3.8, 4) is 45.9 Å². The van der Waals surface area contributed by atoms with Crippen molar-refractivity contribution in [1.29, 1.82) is 0 Å². The van der Waals surface area contributed by atoms with Gasteiger partial charge in [-0.3, -0.25) is 0 Å². The molecule has 63 heavy (non-hydrogen) atoms. The summed E-state index contributed by atoms with van der Waals surface area (Å²) in [6, 6.07) is 13.5. The Balaban J connectivity index is 1.11. The van der Waals surface area contributed by atoms with Gasteiger partial charge in [-0.05, 0) is 154 Å². The van der Waals surface area contributed by atoms with Crippen molar-refractivity contribution >= 4 is 33.4 Å². The van der Waals surface area contributed by atoms with Crippen LogP contribution in [0.3, 0.4) is 0 Å². The zero-order valence-electron chi connectivity index (χ0n) is 40.2. The molecule has 0 radical (unpaired) electrons. The topological polar surface area (TPSA) is 79.5 Å². The SMILES string of the molecule is CC#Cc1cc2c(C)nc3c(-c4c(C)cc(C)cc4C)c(C)nn3c2n1C(C)C(C)COCC(C)C(C)n1c(C#CC)cc2c(C)nc3c(-c4c(C)cc(C)cc4C)c(C)nn3c21. The fourth-order valence-electron chi connectivity index (χ4n) is 10.2. The number of aromatic nitrogens is 8. The van der Waals surface area contributed by atoms with E-state index in [1.54, 1.807) is 0 Å². The molecule has 8 rings (SSSR count). The summed E-state index contributed by atoms with van der Waals surface area (Å²) < 4.78 is 15.5. The van der Waals surface area contributed by atoms with Crippen LogP contribution < -0.4 is 0 Å². The molecule has 2 aromatic carbocycles. The molecule has 9 nitrogen and oxygen atoms in total. The van der Waals surface area contributed by atoms with E-state index in [4.69, 9.17) is 24.9 Å². The van der Waals surface area contributed by atoms with Gasteiger partial charge in [0.1, 0.15) is 11.3 Å². The Kier molecular flexibility index (Phi) is 11.4. The molecule has 0 aliphatic carbocycles. The van der Waals surface area contributed by atoms with Gasteiger partial charge in [-0.2, -0.15) is 19.2 Å². The molecule has 324 valence electrons. The molecule has 9 heteroatoms. The molecule has 8 aromatic rings. The van der Waals surface area contributed by atoms with E-state index < -0.39 is 0 Å². The van der Waals surface area contributed by atoms with Crippen LogP contribution in [0.4, 0.5) is 0 Å². The van der Waals surface area contributed by atoms with Gasteiger partial charge < -0.3 is 13.9 Å². The number of rotatable bonds is 10. The monoisotopic (exact) mass is 839 g/mol. The second-order valence-electron chi connectivity index (χ2n) is 18.3. The molecule has 6 aromatic heterocycles. The largest absolute Gasteiger partial charge is 0.381 e. The molecule has 0 amide bonds.